The van der Waals surface area contributed by atoms with E-state index in [9.17, 15) is 4.39 Å². The van der Waals surface area contributed by atoms with Crippen molar-refractivity contribution >= 4 is 0 Å². The predicted octanol–water partition coefficient (Wildman–Crippen LogP) is 2.35. The van der Waals surface area contributed by atoms with Crippen LogP contribution in [-0.4, -0.2) is 16.9 Å². The minimum absolute atomic E-state index is 0.202. The maximum atomic E-state index is 13.6. The van der Waals surface area contributed by atoms with Crippen molar-refractivity contribution in [3.05, 3.63) is 11.6 Å². The van der Waals surface area contributed by atoms with E-state index >= 15 is 0 Å². The number of methoxy groups -OCH3 is 1. The lowest BCUT2D eigenvalue weighted by Crippen LogP contribution is -2.13. The Morgan fingerprint density at radius 2 is 2.00 bits per heavy atom. The third-order valence-electron chi connectivity index (χ3n) is 2.06. The average molecular weight is 200 g/mol. The molecule has 0 fully saturated rings. The van der Waals surface area contributed by atoms with Crippen LogP contribution in [-0.2, 0) is 12.0 Å². The number of aryl methyl sites for hydroxylation is 1. The number of halogens is 1. The van der Waals surface area contributed by atoms with Crippen LogP contribution < -0.4 is 4.74 Å². The zero-order chi connectivity index (χ0) is 10.9. The fourth-order valence-electron chi connectivity index (χ4n) is 1.31. The molecule has 0 saturated heterocycles. The summed E-state index contributed by atoms with van der Waals surface area (Å²) in [5.41, 5.74) is 0.464. The molecule has 0 bridgehead atoms. The second-order valence-corrected chi connectivity index (χ2v) is 4.24. The van der Waals surface area contributed by atoms with Gasteiger partial charge in [-0.15, -0.1) is 0 Å². The molecule has 0 atom stereocenters. The Morgan fingerprint density at radius 3 is 2.29 bits per heavy atom. The van der Waals surface area contributed by atoms with E-state index in [-0.39, 0.29) is 17.1 Å². The second-order valence-electron chi connectivity index (χ2n) is 4.24. The van der Waals surface area contributed by atoms with E-state index in [4.69, 9.17) is 4.74 Å². The van der Waals surface area contributed by atoms with Crippen molar-refractivity contribution in [2.75, 3.05) is 7.11 Å². The number of hydrogen-bond acceptors (Lipinski definition) is 2. The maximum absolute atomic E-state index is 13.6. The molecule has 0 spiro atoms. The fourth-order valence-corrected chi connectivity index (χ4v) is 1.31. The van der Waals surface area contributed by atoms with Gasteiger partial charge in [-0.3, -0.25) is 0 Å². The molecule has 4 heteroatoms. The van der Waals surface area contributed by atoms with Crippen molar-refractivity contribution in [2.24, 2.45) is 0 Å². The summed E-state index contributed by atoms with van der Waals surface area (Å²) in [6, 6.07) is 0. The molecule has 0 saturated carbocycles. The lowest BCUT2D eigenvalue weighted by molar-refractivity contribution is 0.361. The molecule has 0 N–H and O–H groups in total. The quantitative estimate of drug-likeness (QED) is 0.732. The summed E-state index contributed by atoms with van der Waals surface area (Å²) in [6.45, 7) is 8.31. The predicted molar refractivity (Wildman–Crippen MR) is 53.1 cm³/mol. The molecule has 0 aliphatic carbocycles. The molecule has 0 aliphatic rings. The van der Waals surface area contributed by atoms with Gasteiger partial charge in [-0.2, -0.15) is 9.49 Å². The third-order valence-corrected chi connectivity index (χ3v) is 2.06. The molecule has 0 unspecified atom stereocenters. The highest BCUT2D eigenvalue weighted by molar-refractivity contribution is 5.31. The molecule has 1 aromatic heterocycles. The summed E-state index contributed by atoms with van der Waals surface area (Å²) < 4.78 is 19.9. The SMILES string of the molecule is CCn1nc(C(C)(C)C)c(OC)c1F. The van der Waals surface area contributed by atoms with E-state index in [1.54, 1.807) is 0 Å². The van der Waals surface area contributed by atoms with Gasteiger partial charge >= 0.3 is 0 Å². The molecule has 1 rings (SSSR count). The Morgan fingerprint density at radius 1 is 1.43 bits per heavy atom. The van der Waals surface area contributed by atoms with Crippen LogP contribution in [0.4, 0.5) is 4.39 Å². The molecule has 1 heterocycles. The molecule has 0 radical (unpaired) electrons. The number of hydrogen-bond donors (Lipinski definition) is 0. The van der Waals surface area contributed by atoms with Gasteiger partial charge in [-0.25, -0.2) is 4.68 Å². The van der Waals surface area contributed by atoms with Gasteiger partial charge in [0.05, 0.1) is 7.11 Å². The first-order valence-electron chi connectivity index (χ1n) is 4.72. The Labute approximate surface area is 83.9 Å². The fraction of sp³-hybridized carbons (Fsp3) is 0.700. The molecule has 14 heavy (non-hydrogen) atoms. The summed E-state index contributed by atoms with van der Waals surface area (Å²) in [4.78, 5) is 0. The van der Waals surface area contributed by atoms with E-state index in [2.05, 4.69) is 5.10 Å². The summed E-state index contributed by atoms with van der Waals surface area (Å²) in [7, 11) is 1.47. The highest BCUT2D eigenvalue weighted by Gasteiger charge is 2.27. The monoisotopic (exact) mass is 200 g/mol. The topological polar surface area (TPSA) is 27.1 Å². The summed E-state index contributed by atoms with van der Waals surface area (Å²) in [5.74, 6) is -0.126. The zero-order valence-corrected chi connectivity index (χ0v) is 9.39. The first kappa shape index (κ1) is 11.0. The number of nitrogens with zero attached hydrogens (tertiary/aromatic N) is 2. The van der Waals surface area contributed by atoms with Gasteiger partial charge in [0, 0.05) is 12.0 Å². The molecule has 3 nitrogen and oxygen atoms in total. The summed E-state index contributed by atoms with van der Waals surface area (Å²) in [5, 5.41) is 4.19. The van der Waals surface area contributed by atoms with E-state index in [1.807, 2.05) is 27.7 Å². The molecule has 1 aromatic rings. The van der Waals surface area contributed by atoms with Crippen LogP contribution in [0.15, 0.2) is 0 Å². The van der Waals surface area contributed by atoms with Crippen molar-refractivity contribution < 1.29 is 9.13 Å². The van der Waals surface area contributed by atoms with Gasteiger partial charge in [0.2, 0.25) is 0 Å². The smallest absolute Gasteiger partial charge is 0.254 e. The van der Waals surface area contributed by atoms with Gasteiger partial charge in [0.15, 0.2) is 5.75 Å². The van der Waals surface area contributed by atoms with Gasteiger partial charge in [-0.05, 0) is 6.92 Å². The largest absolute Gasteiger partial charge is 0.490 e. The second kappa shape index (κ2) is 3.59. The average Bonchev–Trinajstić information content (AvgIpc) is 2.41. The molecular weight excluding hydrogens is 183 g/mol. The molecular formula is C10H17FN2O. The standard InChI is InChI=1S/C10H17FN2O/c1-6-13-9(11)7(14-5)8(12-13)10(2,3)4/h6H2,1-5H3. The van der Waals surface area contributed by atoms with Crippen LogP contribution >= 0.6 is 0 Å². The first-order chi connectivity index (χ1) is 6.41. The molecule has 0 aromatic carbocycles. The van der Waals surface area contributed by atoms with Crippen LogP contribution in [0.1, 0.15) is 33.4 Å². The number of ether oxygens (including phenoxy) is 1. The Bertz CT molecular complexity index is 326. The first-order valence-corrected chi connectivity index (χ1v) is 4.72. The molecule has 80 valence electrons. The van der Waals surface area contributed by atoms with Crippen LogP contribution in [0.3, 0.4) is 0 Å². The van der Waals surface area contributed by atoms with Gasteiger partial charge < -0.3 is 4.74 Å². The van der Waals surface area contributed by atoms with Gasteiger partial charge in [-0.1, -0.05) is 20.8 Å². The van der Waals surface area contributed by atoms with E-state index in [1.165, 1.54) is 11.8 Å². The Balaban J connectivity index is 3.30. The van der Waals surface area contributed by atoms with Gasteiger partial charge in [0.1, 0.15) is 5.69 Å². The minimum atomic E-state index is -0.389. The van der Waals surface area contributed by atoms with E-state index in [0.717, 1.165) is 0 Å². The van der Waals surface area contributed by atoms with Crippen molar-refractivity contribution in [3.63, 3.8) is 0 Å². The van der Waals surface area contributed by atoms with Crippen LogP contribution in [0.25, 0.3) is 0 Å². The van der Waals surface area contributed by atoms with Crippen molar-refractivity contribution in [3.8, 4) is 5.75 Å². The van der Waals surface area contributed by atoms with Crippen LogP contribution in [0.5, 0.6) is 5.75 Å². The highest BCUT2D eigenvalue weighted by atomic mass is 19.1. The number of rotatable bonds is 2. The summed E-state index contributed by atoms with van der Waals surface area (Å²) in [6.07, 6.45) is 0. The van der Waals surface area contributed by atoms with Crippen molar-refractivity contribution in [2.45, 2.75) is 39.7 Å². The highest BCUT2D eigenvalue weighted by Crippen LogP contribution is 2.32. The third kappa shape index (κ3) is 1.74. The maximum Gasteiger partial charge on any atom is 0.254 e. The van der Waals surface area contributed by atoms with Crippen molar-refractivity contribution in [1.82, 2.24) is 9.78 Å². The number of aromatic nitrogens is 2. The molecule has 0 aliphatic heterocycles. The van der Waals surface area contributed by atoms with E-state index in [0.29, 0.717) is 12.2 Å². The zero-order valence-electron chi connectivity index (χ0n) is 9.39. The minimum Gasteiger partial charge on any atom is -0.490 e. The van der Waals surface area contributed by atoms with Crippen LogP contribution in [0, 0.1) is 5.95 Å². The summed E-state index contributed by atoms with van der Waals surface area (Å²) >= 11 is 0. The van der Waals surface area contributed by atoms with Gasteiger partial charge in [0.25, 0.3) is 5.95 Å². The van der Waals surface area contributed by atoms with E-state index < -0.39 is 0 Å². The molecule has 0 amide bonds. The Kier molecular flexibility index (Phi) is 2.83. The van der Waals surface area contributed by atoms with Crippen molar-refractivity contribution in [1.29, 1.82) is 0 Å². The lowest BCUT2D eigenvalue weighted by atomic mass is 9.92. The van der Waals surface area contributed by atoms with Crippen LogP contribution in [0.2, 0.25) is 0 Å². The lowest BCUT2D eigenvalue weighted by Gasteiger charge is -2.15. The Hall–Kier alpha value is -1.06. The normalized spacial score (nSPS) is 11.9.